The second-order valence-electron chi connectivity index (χ2n) is 3.83. The lowest BCUT2D eigenvalue weighted by Gasteiger charge is -2.15. The van der Waals surface area contributed by atoms with E-state index in [1.807, 2.05) is 11.4 Å². The van der Waals surface area contributed by atoms with E-state index in [1.165, 1.54) is 17.4 Å². The molecule has 1 unspecified atom stereocenters. The van der Waals surface area contributed by atoms with Crippen LogP contribution in [-0.2, 0) is 6.42 Å². The SMILES string of the molecule is OC(Cc1sccc1Br)c1ccccc1OC(F)F. The van der Waals surface area contributed by atoms with Gasteiger partial charge in [0.1, 0.15) is 5.75 Å². The number of aliphatic hydroxyl groups is 1. The fraction of sp³-hybridized carbons (Fsp3) is 0.231. The average Bonchev–Trinajstić information content (AvgIpc) is 2.75. The van der Waals surface area contributed by atoms with Crippen molar-refractivity contribution in [2.75, 3.05) is 0 Å². The molecule has 0 aliphatic carbocycles. The molecule has 1 aromatic heterocycles. The maximum Gasteiger partial charge on any atom is 0.387 e. The lowest BCUT2D eigenvalue weighted by atomic mass is 10.0. The Labute approximate surface area is 121 Å². The van der Waals surface area contributed by atoms with Gasteiger partial charge in [-0.3, -0.25) is 0 Å². The fourth-order valence-corrected chi connectivity index (χ4v) is 3.27. The molecule has 0 radical (unpaired) electrons. The van der Waals surface area contributed by atoms with E-state index in [4.69, 9.17) is 0 Å². The van der Waals surface area contributed by atoms with E-state index >= 15 is 0 Å². The first-order chi connectivity index (χ1) is 9.08. The van der Waals surface area contributed by atoms with Gasteiger partial charge in [-0.2, -0.15) is 8.78 Å². The Hall–Kier alpha value is -0.980. The minimum absolute atomic E-state index is 0.0117. The van der Waals surface area contributed by atoms with Crippen LogP contribution in [0.15, 0.2) is 40.2 Å². The van der Waals surface area contributed by atoms with E-state index in [0.29, 0.717) is 12.0 Å². The van der Waals surface area contributed by atoms with Crippen molar-refractivity contribution in [3.63, 3.8) is 0 Å². The summed E-state index contributed by atoms with van der Waals surface area (Å²) in [5.41, 5.74) is 0.364. The molecule has 0 saturated heterocycles. The highest BCUT2D eigenvalue weighted by atomic mass is 79.9. The Bertz CT molecular complexity index is 545. The number of benzene rings is 1. The van der Waals surface area contributed by atoms with Crippen molar-refractivity contribution in [1.82, 2.24) is 0 Å². The standard InChI is InChI=1S/C13H11BrF2O2S/c14-9-5-6-19-12(9)7-10(17)8-3-1-2-4-11(8)18-13(15)16/h1-6,10,13,17H,7H2. The largest absolute Gasteiger partial charge is 0.434 e. The Morgan fingerprint density at radius 3 is 2.63 bits per heavy atom. The minimum atomic E-state index is -2.90. The smallest absolute Gasteiger partial charge is 0.387 e. The number of aliphatic hydroxyl groups excluding tert-OH is 1. The zero-order valence-electron chi connectivity index (χ0n) is 9.72. The third-order valence-electron chi connectivity index (χ3n) is 2.56. The zero-order chi connectivity index (χ0) is 13.8. The number of thiophene rings is 1. The van der Waals surface area contributed by atoms with Gasteiger partial charge in [-0.05, 0) is 33.4 Å². The van der Waals surface area contributed by atoms with E-state index < -0.39 is 12.7 Å². The third-order valence-corrected chi connectivity index (χ3v) is 4.51. The third kappa shape index (κ3) is 3.75. The summed E-state index contributed by atoms with van der Waals surface area (Å²) in [6.07, 6.45) is -0.535. The Morgan fingerprint density at radius 1 is 1.26 bits per heavy atom. The molecule has 1 aromatic carbocycles. The maximum atomic E-state index is 12.3. The van der Waals surface area contributed by atoms with Gasteiger partial charge < -0.3 is 9.84 Å². The summed E-state index contributed by atoms with van der Waals surface area (Å²) in [6, 6.07) is 8.17. The van der Waals surface area contributed by atoms with Gasteiger partial charge in [-0.25, -0.2) is 0 Å². The van der Waals surface area contributed by atoms with Crippen molar-refractivity contribution in [1.29, 1.82) is 0 Å². The second kappa shape index (κ2) is 6.45. The predicted octanol–water partition coefficient (Wildman–Crippen LogP) is 4.39. The Balaban J connectivity index is 2.19. The van der Waals surface area contributed by atoms with Crippen molar-refractivity contribution in [2.24, 2.45) is 0 Å². The number of ether oxygens (including phenoxy) is 1. The number of halogens is 3. The molecule has 2 aromatic rings. The Morgan fingerprint density at radius 2 is 2.00 bits per heavy atom. The van der Waals surface area contributed by atoms with Gasteiger partial charge in [0.2, 0.25) is 0 Å². The molecule has 6 heteroatoms. The highest BCUT2D eigenvalue weighted by Crippen LogP contribution is 2.32. The summed E-state index contributed by atoms with van der Waals surface area (Å²) >= 11 is 4.87. The molecule has 0 aliphatic rings. The highest BCUT2D eigenvalue weighted by Gasteiger charge is 2.17. The van der Waals surface area contributed by atoms with Crippen LogP contribution in [0.4, 0.5) is 8.78 Å². The van der Waals surface area contributed by atoms with Crippen LogP contribution in [0.25, 0.3) is 0 Å². The molecule has 1 atom stereocenters. The van der Waals surface area contributed by atoms with Crippen molar-refractivity contribution in [3.8, 4) is 5.75 Å². The van der Waals surface area contributed by atoms with Crippen LogP contribution in [0.5, 0.6) is 5.75 Å². The molecule has 2 rings (SSSR count). The summed E-state index contributed by atoms with van der Waals surface area (Å²) < 4.78 is 29.9. The van der Waals surface area contributed by atoms with Gasteiger partial charge in [0.25, 0.3) is 0 Å². The maximum absolute atomic E-state index is 12.3. The molecule has 1 N–H and O–H groups in total. The minimum Gasteiger partial charge on any atom is -0.434 e. The average molecular weight is 349 g/mol. The van der Waals surface area contributed by atoms with E-state index in [9.17, 15) is 13.9 Å². The lowest BCUT2D eigenvalue weighted by molar-refractivity contribution is -0.0515. The van der Waals surface area contributed by atoms with Crippen LogP contribution in [-0.4, -0.2) is 11.7 Å². The van der Waals surface area contributed by atoms with Crippen LogP contribution in [0, 0.1) is 0 Å². The normalized spacial score (nSPS) is 12.7. The number of para-hydroxylation sites is 1. The molecule has 1 heterocycles. The van der Waals surface area contributed by atoms with Gasteiger partial charge in [-0.15, -0.1) is 11.3 Å². The van der Waals surface area contributed by atoms with Crippen molar-refractivity contribution < 1.29 is 18.6 Å². The van der Waals surface area contributed by atoms with Crippen LogP contribution in [0.3, 0.4) is 0 Å². The molecule has 0 amide bonds. The molecule has 0 spiro atoms. The number of hydrogen-bond donors (Lipinski definition) is 1. The Kier molecular flexibility index (Phi) is 4.90. The van der Waals surface area contributed by atoms with E-state index in [2.05, 4.69) is 20.7 Å². The van der Waals surface area contributed by atoms with Crippen LogP contribution in [0.1, 0.15) is 16.5 Å². The van der Waals surface area contributed by atoms with Gasteiger partial charge >= 0.3 is 6.61 Å². The molecular weight excluding hydrogens is 338 g/mol. The molecule has 2 nitrogen and oxygen atoms in total. The van der Waals surface area contributed by atoms with Crippen molar-refractivity contribution >= 4 is 27.3 Å². The fourth-order valence-electron chi connectivity index (χ4n) is 1.72. The highest BCUT2D eigenvalue weighted by molar-refractivity contribution is 9.10. The van der Waals surface area contributed by atoms with Crippen LogP contribution in [0.2, 0.25) is 0 Å². The molecule has 0 fully saturated rings. The predicted molar refractivity (Wildman–Crippen MR) is 73.8 cm³/mol. The zero-order valence-corrected chi connectivity index (χ0v) is 12.1. The monoisotopic (exact) mass is 348 g/mol. The van der Waals surface area contributed by atoms with Gasteiger partial charge in [0, 0.05) is 21.3 Å². The molecule has 0 saturated carbocycles. The van der Waals surface area contributed by atoms with Crippen LogP contribution < -0.4 is 4.74 Å². The quantitative estimate of drug-likeness (QED) is 0.868. The molecule has 0 aliphatic heterocycles. The topological polar surface area (TPSA) is 29.5 Å². The lowest BCUT2D eigenvalue weighted by Crippen LogP contribution is -2.08. The van der Waals surface area contributed by atoms with E-state index in [1.54, 1.807) is 18.2 Å². The van der Waals surface area contributed by atoms with E-state index in [-0.39, 0.29) is 5.75 Å². The molecule has 19 heavy (non-hydrogen) atoms. The van der Waals surface area contributed by atoms with Crippen LogP contribution >= 0.6 is 27.3 Å². The molecule has 102 valence electrons. The first kappa shape index (κ1) is 14.4. The number of alkyl halides is 2. The van der Waals surface area contributed by atoms with E-state index in [0.717, 1.165) is 9.35 Å². The molecular formula is C13H11BrF2O2S. The van der Waals surface area contributed by atoms with Gasteiger partial charge in [0.15, 0.2) is 0 Å². The summed E-state index contributed by atoms with van der Waals surface area (Å²) in [5, 5.41) is 12.1. The summed E-state index contributed by atoms with van der Waals surface area (Å²) in [4.78, 5) is 0.958. The number of hydrogen-bond acceptors (Lipinski definition) is 3. The first-order valence-corrected chi connectivity index (χ1v) is 7.19. The molecule has 0 bridgehead atoms. The first-order valence-electron chi connectivity index (χ1n) is 5.51. The van der Waals surface area contributed by atoms with Crippen molar-refractivity contribution in [2.45, 2.75) is 19.1 Å². The second-order valence-corrected chi connectivity index (χ2v) is 5.68. The van der Waals surface area contributed by atoms with Gasteiger partial charge in [-0.1, -0.05) is 18.2 Å². The summed E-state index contributed by atoms with van der Waals surface area (Å²) in [7, 11) is 0. The summed E-state index contributed by atoms with van der Waals surface area (Å²) in [5.74, 6) is 0.0117. The van der Waals surface area contributed by atoms with Gasteiger partial charge in [0.05, 0.1) is 6.10 Å². The number of rotatable bonds is 5. The van der Waals surface area contributed by atoms with Crippen molar-refractivity contribution in [3.05, 3.63) is 50.6 Å². The summed E-state index contributed by atoms with van der Waals surface area (Å²) in [6.45, 7) is -2.90.